The highest BCUT2D eigenvalue weighted by Crippen LogP contribution is 2.45. The Balaban J connectivity index is 2.09. The molecule has 0 saturated carbocycles. The van der Waals surface area contributed by atoms with E-state index in [9.17, 15) is 9.90 Å². The molecule has 0 aliphatic carbocycles. The van der Waals surface area contributed by atoms with Crippen LogP contribution in [-0.4, -0.2) is 22.3 Å². The van der Waals surface area contributed by atoms with Gasteiger partial charge in [0.25, 0.3) is 0 Å². The lowest BCUT2D eigenvalue weighted by Crippen LogP contribution is -2.52. The molecule has 30 heavy (non-hydrogen) atoms. The van der Waals surface area contributed by atoms with Crippen LogP contribution in [0, 0.1) is 34.6 Å². The van der Waals surface area contributed by atoms with Gasteiger partial charge in [0, 0.05) is 24.6 Å². The number of ether oxygens (including phenoxy) is 2. The molecule has 1 heterocycles. The van der Waals surface area contributed by atoms with Crippen molar-refractivity contribution in [2.75, 3.05) is 4.90 Å². The third-order valence-electron chi connectivity index (χ3n) is 6.32. The van der Waals surface area contributed by atoms with Crippen LogP contribution < -0.4 is 14.4 Å². The van der Waals surface area contributed by atoms with Crippen molar-refractivity contribution >= 4 is 29.4 Å². The van der Waals surface area contributed by atoms with Crippen LogP contribution >= 0.6 is 12.2 Å². The second-order valence-corrected chi connectivity index (χ2v) is 8.42. The zero-order chi connectivity index (χ0) is 22.4. The minimum atomic E-state index is -0.685. The standard InChI is InChI=1S/C24H29NO4S/c1-13-14(2)21(27)9-8-20(13)25(12-30)24(7)11-10-19-17(5)22(28-18(6)26)15(3)16(4)23(19)29-24/h8-9,12,27H,10-11H2,1-7H3. The topological polar surface area (TPSA) is 59.0 Å². The van der Waals surface area contributed by atoms with Crippen LogP contribution in [0.15, 0.2) is 12.1 Å². The summed E-state index contributed by atoms with van der Waals surface area (Å²) >= 11 is 5.40. The van der Waals surface area contributed by atoms with Crippen molar-refractivity contribution in [3.63, 3.8) is 0 Å². The maximum atomic E-state index is 11.6. The van der Waals surface area contributed by atoms with E-state index in [2.05, 4.69) is 0 Å². The Morgan fingerprint density at radius 3 is 2.40 bits per heavy atom. The predicted molar refractivity (Wildman–Crippen MR) is 123 cm³/mol. The number of carbonyl (C=O) groups is 1. The molecular weight excluding hydrogens is 398 g/mol. The van der Waals surface area contributed by atoms with Crippen LogP contribution in [0.1, 0.15) is 53.6 Å². The average Bonchev–Trinajstić information content (AvgIpc) is 2.69. The molecule has 0 aromatic heterocycles. The second kappa shape index (κ2) is 7.91. The smallest absolute Gasteiger partial charge is 0.308 e. The molecule has 5 nitrogen and oxygen atoms in total. The number of rotatable bonds is 4. The Hall–Kier alpha value is -2.60. The van der Waals surface area contributed by atoms with E-state index in [-0.39, 0.29) is 11.7 Å². The fourth-order valence-corrected chi connectivity index (χ4v) is 4.50. The zero-order valence-electron chi connectivity index (χ0n) is 18.7. The maximum absolute atomic E-state index is 11.6. The van der Waals surface area contributed by atoms with E-state index in [4.69, 9.17) is 21.7 Å². The number of nitrogens with zero attached hydrogens (tertiary/aromatic N) is 1. The van der Waals surface area contributed by atoms with Gasteiger partial charge < -0.3 is 14.6 Å². The molecule has 2 aromatic carbocycles. The van der Waals surface area contributed by atoms with Crippen LogP contribution in [0.3, 0.4) is 0 Å². The molecule has 1 atom stereocenters. The molecule has 3 rings (SSSR count). The Morgan fingerprint density at radius 2 is 1.80 bits per heavy atom. The van der Waals surface area contributed by atoms with Gasteiger partial charge >= 0.3 is 5.97 Å². The number of anilines is 1. The highest BCUT2D eigenvalue weighted by Gasteiger charge is 2.40. The Bertz CT molecular complexity index is 1050. The van der Waals surface area contributed by atoms with Crippen molar-refractivity contribution < 1.29 is 19.4 Å². The van der Waals surface area contributed by atoms with Crippen molar-refractivity contribution in [2.45, 2.75) is 67.0 Å². The van der Waals surface area contributed by atoms with Gasteiger partial charge in [0.1, 0.15) is 17.2 Å². The van der Waals surface area contributed by atoms with Gasteiger partial charge in [-0.1, -0.05) is 12.2 Å². The minimum Gasteiger partial charge on any atom is -0.508 e. The number of aromatic hydroxyl groups is 1. The van der Waals surface area contributed by atoms with Gasteiger partial charge in [0.05, 0.1) is 5.49 Å². The molecule has 160 valence electrons. The third kappa shape index (κ3) is 3.54. The van der Waals surface area contributed by atoms with E-state index >= 15 is 0 Å². The van der Waals surface area contributed by atoms with E-state index in [0.29, 0.717) is 12.2 Å². The highest BCUT2D eigenvalue weighted by molar-refractivity contribution is 7.79. The Labute approximate surface area is 183 Å². The van der Waals surface area contributed by atoms with Gasteiger partial charge in [0.15, 0.2) is 5.72 Å². The maximum Gasteiger partial charge on any atom is 0.308 e. The van der Waals surface area contributed by atoms with E-state index in [1.54, 1.807) is 11.6 Å². The normalized spacial score (nSPS) is 17.7. The molecule has 0 saturated heterocycles. The van der Waals surface area contributed by atoms with Crippen molar-refractivity contribution in [1.29, 1.82) is 0 Å². The van der Waals surface area contributed by atoms with Gasteiger partial charge in [0.2, 0.25) is 0 Å². The van der Waals surface area contributed by atoms with Crippen LogP contribution in [0.4, 0.5) is 5.69 Å². The number of esters is 1. The van der Waals surface area contributed by atoms with E-state index < -0.39 is 5.72 Å². The number of carbonyl (C=O) groups excluding carboxylic acids is 1. The van der Waals surface area contributed by atoms with Gasteiger partial charge in [-0.15, -0.1) is 0 Å². The fraction of sp³-hybridized carbons (Fsp3) is 0.417. The molecular formula is C24H29NO4S. The first-order valence-electron chi connectivity index (χ1n) is 10.1. The van der Waals surface area contributed by atoms with Gasteiger partial charge in [-0.05, 0) is 87.9 Å². The van der Waals surface area contributed by atoms with Crippen molar-refractivity contribution in [3.8, 4) is 17.2 Å². The number of phenolic OH excluding ortho intramolecular Hbond substituents is 1. The largest absolute Gasteiger partial charge is 0.508 e. The Kier molecular flexibility index (Phi) is 5.83. The average molecular weight is 428 g/mol. The summed E-state index contributed by atoms with van der Waals surface area (Å²) in [5.41, 5.74) is 7.49. The Morgan fingerprint density at radius 1 is 1.13 bits per heavy atom. The number of phenols is 1. The number of hydrogen-bond donors (Lipinski definition) is 1. The number of benzene rings is 2. The summed E-state index contributed by atoms with van der Waals surface area (Å²) in [7, 11) is 0. The van der Waals surface area contributed by atoms with E-state index in [1.807, 2.05) is 52.5 Å². The second-order valence-electron chi connectivity index (χ2n) is 8.21. The molecule has 0 amide bonds. The number of hydrogen-bond acceptors (Lipinski definition) is 5. The lowest BCUT2D eigenvalue weighted by Gasteiger charge is -2.45. The van der Waals surface area contributed by atoms with Crippen molar-refractivity contribution in [1.82, 2.24) is 0 Å². The molecule has 1 aliphatic heterocycles. The molecule has 6 heteroatoms. The predicted octanol–water partition coefficient (Wildman–Crippen LogP) is 5.36. The minimum absolute atomic E-state index is 0.265. The quantitative estimate of drug-likeness (QED) is 0.402. The highest BCUT2D eigenvalue weighted by atomic mass is 32.1. The third-order valence-corrected chi connectivity index (χ3v) is 6.53. The lowest BCUT2D eigenvalue weighted by atomic mass is 9.89. The number of fused-ring (bicyclic) bond motifs is 1. The lowest BCUT2D eigenvalue weighted by molar-refractivity contribution is -0.132. The summed E-state index contributed by atoms with van der Waals surface area (Å²) in [4.78, 5) is 13.5. The molecule has 0 spiro atoms. The first-order valence-corrected chi connectivity index (χ1v) is 10.5. The summed E-state index contributed by atoms with van der Waals surface area (Å²) in [6.45, 7) is 13.2. The molecule has 0 bridgehead atoms. The SMILES string of the molecule is CC(=O)Oc1c(C)c(C)c2c(c1C)CCC(C)(N(C=S)c1ccc(O)c(C)c1C)O2. The van der Waals surface area contributed by atoms with Crippen LogP contribution in [0.25, 0.3) is 0 Å². The molecule has 0 radical (unpaired) electrons. The summed E-state index contributed by atoms with van der Waals surface area (Å²) in [6, 6.07) is 3.56. The van der Waals surface area contributed by atoms with E-state index in [1.165, 1.54) is 6.92 Å². The summed E-state index contributed by atoms with van der Waals surface area (Å²) in [5.74, 6) is 1.39. The van der Waals surface area contributed by atoms with Gasteiger partial charge in [-0.25, -0.2) is 0 Å². The molecule has 1 aliphatic rings. The fourth-order valence-electron chi connectivity index (χ4n) is 4.17. The van der Waals surface area contributed by atoms with Gasteiger partial charge in [-0.2, -0.15) is 0 Å². The summed E-state index contributed by atoms with van der Waals surface area (Å²) in [5, 5.41) is 10.0. The molecule has 1 N–H and O–H groups in total. The van der Waals surface area contributed by atoms with Crippen LogP contribution in [-0.2, 0) is 11.2 Å². The monoisotopic (exact) mass is 427 g/mol. The molecule has 2 aromatic rings. The van der Waals surface area contributed by atoms with Crippen LogP contribution in [0.5, 0.6) is 17.2 Å². The van der Waals surface area contributed by atoms with Crippen molar-refractivity contribution in [2.24, 2.45) is 0 Å². The first-order chi connectivity index (χ1) is 14.0. The first kappa shape index (κ1) is 22.1. The van der Waals surface area contributed by atoms with Gasteiger partial charge in [-0.3, -0.25) is 9.69 Å². The number of thiocarbonyl (C=S) groups is 1. The summed E-state index contributed by atoms with van der Waals surface area (Å²) in [6.07, 6.45) is 1.47. The van der Waals surface area contributed by atoms with E-state index in [0.717, 1.165) is 51.2 Å². The molecule has 1 unspecified atom stereocenters. The van der Waals surface area contributed by atoms with Crippen molar-refractivity contribution in [3.05, 3.63) is 45.5 Å². The van der Waals surface area contributed by atoms with Crippen LogP contribution in [0.2, 0.25) is 0 Å². The molecule has 0 fully saturated rings. The summed E-state index contributed by atoms with van der Waals surface area (Å²) < 4.78 is 12.1. The zero-order valence-corrected chi connectivity index (χ0v) is 19.5.